The van der Waals surface area contributed by atoms with Gasteiger partial charge in [-0.25, -0.2) is 9.48 Å². The molecule has 0 radical (unpaired) electrons. The highest BCUT2D eigenvalue weighted by Gasteiger charge is 2.27. The molecule has 0 aliphatic rings. The minimum Gasteiger partial charge on any atom is -0.456 e. The van der Waals surface area contributed by atoms with Gasteiger partial charge in [0.25, 0.3) is 5.91 Å². The minimum atomic E-state index is -0.803. The molecule has 2 rings (SSSR count). The molecule has 7 nitrogen and oxygen atoms in total. The molecule has 0 saturated heterocycles. The van der Waals surface area contributed by atoms with E-state index < -0.39 is 17.5 Å². The smallest absolute Gasteiger partial charge is 0.342 e. The van der Waals surface area contributed by atoms with Crippen molar-refractivity contribution < 1.29 is 14.3 Å². The Morgan fingerprint density at radius 1 is 1.29 bits per heavy atom. The van der Waals surface area contributed by atoms with Crippen LogP contribution < -0.4 is 11.5 Å². The van der Waals surface area contributed by atoms with Gasteiger partial charge >= 0.3 is 5.97 Å². The van der Waals surface area contributed by atoms with Crippen LogP contribution in [-0.2, 0) is 11.3 Å². The van der Waals surface area contributed by atoms with Crippen molar-refractivity contribution in [2.45, 2.75) is 32.9 Å². The predicted octanol–water partition coefficient (Wildman–Crippen LogP) is 2.04. The Hall–Kier alpha value is -2.38. The van der Waals surface area contributed by atoms with Crippen molar-refractivity contribution in [1.29, 1.82) is 0 Å². The fourth-order valence-electron chi connectivity index (χ4n) is 2.14. The molecule has 2 aromatic rings. The lowest BCUT2D eigenvalue weighted by Crippen LogP contribution is -2.26. The van der Waals surface area contributed by atoms with E-state index in [1.165, 1.54) is 10.9 Å². The Bertz CT molecular complexity index is 793. The van der Waals surface area contributed by atoms with Crippen molar-refractivity contribution in [3.63, 3.8) is 0 Å². The third kappa shape index (κ3) is 3.93. The lowest BCUT2D eigenvalue weighted by Gasteiger charge is -2.19. The van der Waals surface area contributed by atoms with Crippen molar-refractivity contribution in [2.24, 2.45) is 11.5 Å². The van der Waals surface area contributed by atoms with Gasteiger partial charge in [-0.3, -0.25) is 4.79 Å². The van der Waals surface area contributed by atoms with Gasteiger partial charge in [-0.15, -0.1) is 0 Å². The number of hydrogen-bond donors (Lipinski definition) is 2. The second-order valence-electron chi connectivity index (χ2n) is 6.21. The summed E-state index contributed by atoms with van der Waals surface area (Å²) in [6, 6.07) is 5.01. The molecule has 0 spiro atoms. The first-order chi connectivity index (χ1) is 11.1. The number of benzene rings is 1. The van der Waals surface area contributed by atoms with Crippen LogP contribution in [0.1, 0.15) is 47.2 Å². The summed E-state index contributed by atoms with van der Waals surface area (Å²) in [7, 11) is 0. The van der Waals surface area contributed by atoms with Gasteiger partial charge in [0.1, 0.15) is 16.9 Å². The number of amides is 1. The van der Waals surface area contributed by atoms with E-state index in [1.54, 1.807) is 39.0 Å². The molecular weight excluding hydrogens is 332 g/mol. The summed E-state index contributed by atoms with van der Waals surface area (Å²) >= 11 is 6.06. The lowest BCUT2D eigenvalue weighted by molar-refractivity contribution is 0.00677. The number of carbonyl (C=O) groups excluding carboxylic acids is 2. The number of nitrogens with two attached hydrogens (primary N) is 2. The van der Waals surface area contributed by atoms with E-state index in [0.29, 0.717) is 10.7 Å². The summed E-state index contributed by atoms with van der Waals surface area (Å²) in [5.74, 6) is -1.48. The molecule has 0 atom stereocenters. The van der Waals surface area contributed by atoms with Crippen LogP contribution in [0, 0.1) is 0 Å². The first-order valence-electron chi connectivity index (χ1n) is 7.23. The van der Waals surface area contributed by atoms with Gasteiger partial charge < -0.3 is 16.2 Å². The first-order valence-corrected chi connectivity index (χ1v) is 7.61. The van der Waals surface area contributed by atoms with Gasteiger partial charge in [0, 0.05) is 11.6 Å². The van der Waals surface area contributed by atoms with Crippen molar-refractivity contribution in [3.05, 3.63) is 46.2 Å². The summed E-state index contributed by atoms with van der Waals surface area (Å²) in [4.78, 5) is 24.2. The van der Waals surface area contributed by atoms with E-state index in [9.17, 15) is 9.59 Å². The second kappa shape index (κ2) is 6.62. The maximum Gasteiger partial charge on any atom is 0.342 e. The zero-order chi connectivity index (χ0) is 18.1. The van der Waals surface area contributed by atoms with Crippen LogP contribution in [-0.4, -0.2) is 27.3 Å². The molecule has 1 aromatic heterocycles. The zero-order valence-corrected chi connectivity index (χ0v) is 14.4. The fraction of sp³-hybridized carbons (Fsp3) is 0.312. The van der Waals surface area contributed by atoms with E-state index >= 15 is 0 Å². The number of ether oxygens (including phenoxy) is 1. The van der Waals surface area contributed by atoms with Crippen LogP contribution in [0.3, 0.4) is 0 Å². The maximum absolute atomic E-state index is 12.3. The SMILES string of the molecule is CC(C)(C)OC(=O)c1cnn(-c2cc(Cl)cc(CN)c2)c1C(N)=O. The molecule has 1 heterocycles. The maximum atomic E-state index is 12.3. The highest BCUT2D eigenvalue weighted by Crippen LogP contribution is 2.22. The number of nitrogens with zero attached hydrogens (tertiary/aromatic N) is 2. The third-order valence-electron chi connectivity index (χ3n) is 3.04. The standard InChI is InChI=1S/C16H19ClN4O3/c1-16(2,3)24-15(23)12-8-20-21(13(12)14(19)22)11-5-9(7-18)4-10(17)6-11/h4-6,8H,7,18H2,1-3H3,(H2,19,22). The largest absolute Gasteiger partial charge is 0.456 e. The highest BCUT2D eigenvalue weighted by atomic mass is 35.5. The van der Waals surface area contributed by atoms with Crippen LogP contribution in [0.15, 0.2) is 24.4 Å². The van der Waals surface area contributed by atoms with Gasteiger partial charge in [-0.2, -0.15) is 5.10 Å². The van der Waals surface area contributed by atoms with Crippen molar-refractivity contribution >= 4 is 23.5 Å². The van der Waals surface area contributed by atoms with Crippen LogP contribution in [0.2, 0.25) is 5.02 Å². The monoisotopic (exact) mass is 350 g/mol. The van der Waals surface area contributed by atoms with E-state index in [1.807, 2.05) is 0 Å². The molecule has 0 unspecified atom stereocenters. The number of hydrogen-bond acceptors (Lipinski definition) is 5. The van der Waals surface area contributed by atoms with Crippen molar-refractivity contribution in [3.8, 4) is 5.69 Å². The van der Waals surface area contributed by atoms with E-state index in [4.69, 9.17) is 27.8 Å². The molecule has 24 heavy (non-hydrogen) atoms. The van der Waals surface area contributed by atoms with Gasteiger partial charge in [-0.05, 0) is 44.5 Å². The second-order valence-corrected chi connectivity index (χ2v) is 6.64. The molecule has 0 fully saturated rings. The van der Waals surface area contributed by atoms with E-state index in [2.05, 4.69) is 5.10 Å². The summed E-state index contributed by atoms with van der Waals surface area (Å²) in [6.07, 6.45) is 1.25. The molecule has 4 N–H and O–H groups in total. The Morgan fingerprint density at radius 3 is 2.50 bits per heavy atom. The molecule has 1 amide bonds. The average molecular weight is 351 g/mol. The van der Waals surface area contributed by atoms with Crippen LogP contribution in [0.5, 0.6) is 0 Å². The Labute approximate surface area is 144 Å². The molecular formula is C16H19ClN4O3. The van der Waals surface area contributed by atoms with Gasteiger partial charge in [0.05, 0.1) is 11.9 Å². The fourth-order valence-corrected chi connectivity index (χ4v) is 2.39. The van der Waals surface area contributed by atoms with Crippen LogP contribution in [0.4, 0.5) is 0 Å². The molecule has 1 aromatic carbocycles. The van der Waals surface area contributed by atoms with E-state index in [-0.39, 0.29) is 17.8 Å². The minimum absolute atomic E-state index is 0.00769. The number of rotatable bonds is 4. The first kappa shape index (κ1) is 18.0. The normalized spacial score (nSPS) is 11.4. The summed E-state index contributed by atoms with van der Waals surface area (Å²) in [5.41, 5.74) is 11.5. The number of carbonyl (C=O) groups is 2. The molecule has 0 aliphatic carbocycles. The molecule has 0 saturated carbocycles. The number of halogens is 1. The van der Waals surface area contributed by atoms with Crippen molar-refractivity contribution in [1.82, 2.24) is 9.78 Å². The van der Waals surface area contributed by atoms with Gasteiger partial charge in [0.2, 0.25) is 0 Å². The van der Waals surface area contributed by atoms with Gasteiger partial charge in [-0.1, -0.05) is 11.6 Å². The lowest BCUT2D eigenvalue weighted by atomic mass is 10.1. The summed E-state index contributed by atoms with van der Waals surface area (Å²) < 4.78 is 6.54. The third-order valence-corrected chi connectivity index (χ3v) is 3.26. The Balaban J connectivity index is 2.55. The van der Waals surface area contributed by atoms with Crippen molar-refractivity contribution in [2.75, 3.05) is 0 Å². The molecule has 8 heteroatoms. The molecule has 0 aliphatic heterocycles. The predicted molar refractivity (Wildman–Crippen MR) is 90.2 cm³/mol. The van der Waals surface area contributed by atoms with Gasteiger partial charge in [0.15, 0.2) is 0 Å². The summed E-state index contributed by atoms with van der Waals surface area (Å²) in [6.45, 7) is 5.44. The number of primary amides is 1. The number of aromatic nitrogens is 2. The number of esters is 1. The highest BCUT2D eigenvalue weighted by molar-refractivity contribution is 6.30. The van der Waals surface area contributed by atoms with Crippen LogP contribution >= 0.6 is 11.6 Å². The summed E-state index contributed by atoms with van der Waals surface area (Å²) in [5, 5.41) is 4.52. The van der Waals surface area contributed by atoms with E-state index in [0.717, 1.165) is 5.56 Å². The average Bonchev–Trinajstić information content (AvgIpc) is 2.89. The Kier molecular flexibility index (Phi) is 4.96. The van der Waals surface area contributed by atoms with Crippen LogP contribution in [0.25, 0.3) is 5.69 Å². The quantitative estimate of drug-likeness (QED) is 0.819. The molecule has 128 valence electrons. The topological polar surface area (TPSA) is 113 Å². The zero-order valence-electron chi connectivity index (χ0n) is 13.7. The Morgan fingerprint density at radius 2 is 1.96 bits per heavy atom. The molecule has 0 bridgehead atoms.